The van der Waals surface area contributed by atoms with Crippen LogP contribution in [0.1, 0.15) is 11.1 Å². The van der Waals surface area contributed by atoms with Gasteiger partial charge in [-0.3, -0.25) is 0 Å². The molecule has 1 aromatic heterocycles. The van der Waals surface area contributed by atoms with E-state index in [1.807, 2.05) is 56.4 Å². The van der Waals surface area contributed by atoms with Gasteiger partial charge >= 0.3 is 0 Å². The molecule has 0 fully saturated rings. The van der Waals surface area contributed by atoms with E-state index in [4.69, 9.17) is 10.5 Å². The summed E-state index contributed by atoms with van der Waals surface area (Å²) in [5.74, 6) is 1.43. The fraction of sp³-hybridized carbons (Fsp3) is 0.312. The minimum Gasteiger partial charge on any atom is -0.439 e. The standard InChI is InChI=1S/C16H21N3O/c1-12-9-13(7-8-17)11-18-16(12)20-15-6-4-5-14(10-15)19(2)3/h4-6,9-11H,7-8,17H2,1-3H3. The first-order chi connectivity index (χ1) is 9.60. The molecule has 0 amide bonds. The lowest BCUT2D eigenvalue weighted by Gasteiger charge is -2.14. The molecule has 4 heteroatoms. The first-order valence-electron chi connectivity index (χ1n) is 6.71. The number of hydrogen-bond donors (Lipinski definition) is 1. The molecule has 0 aliphatic heterocycles. The highest BCUT2D eigenvalue weighted by Gasteiger charge is 2.05. The molecule has 0 saturated carbocycles. The Labute approximate surface area is 120 Å². The Morgan fingerprint density at radius 3 is 2.70 bits per heavy atom. The molecule has 0 radical (unpaired) electrons. The summed E-state index contributed by atoms with van der Waals surface area (Å²) in [4.78, 5) is 6.41. The van der Waals surface area contributed by atoms with Crippen LogP contribution in [0.2, 0.25) is 0 Å². The third-order valence-electron chi connectivity index (χ3n) is 3.07. The van der Waals surface area contributed by atoms with E-state index in [0.29, 0.717) is 12.4 Å². The van der Waals surface area contributed by atoms with Crippen molar-refractivity contribution in [3.8, 4) is 11.6 Å². The molecule has 2 aromatic rings. The molecule has 0 aliphatic carbocycles. The minimum atomic E-state index is 0.631. The maximum absolute atomic E-state index is 5.86. The summed E-state index contributed by atoms with van der Waals surface area (Å²) >= 11 is 0. The Bertz CT molecular complexity index is 582. The predicted octanol–water partition coefficient (Wildman–Crippen LogP) is 2.75. The van der Waals surface area contributed by atoms with Crippen molar-refractivity contribution in [2.24, 2.45) is 5.73 Å². The van der Waals surface area contributed by atoms with Crippen LogP contribution in [0, 0.1) is 6.92 Å². The van der Waals surface area contributed by atoms with Crippen molar-refractivity contribution < 1.29 is 4.74 Å². The highest BCUT2D eigenvalue weighted by Crippen LogP contribution is 2.26. The van der Waals surface area contributed by atoms with Gasteiger partial charge in [-0.25, -0.2) is 4.98 Å². The van der Waals surface area contributed by atoms with Gasteiger partial charge in [0.15, 0.2) is 0 Å². The van der Waals surface area contributed by atoms with Gasteiger partial charge in [0.2, 0.25) is 5.88 Å². The second-order valence-corrected chi connectivity index (χ2v) is 5.00. The lowest BCUT2D eigenvalue weighted by Crippen LogP contribution is -2.08. The molecule has 0 spiro atoms. The number of aryl methyl sites for hydroxylation is 1. The van der Waals surface area contributed by atoms with Crippen LogP contribution < -0.4 is 15.4 Å². The number of nitrogens with zero attached hydrogens (tertiary/aromatic N) is 2. The molecule has 2 rings (SSSR count). The number of benzene rings is 1. The lowest BCUT2D eigenvalue weighted by atomic mass is 10.1. The van der Waals surface area contributed by atoms with Crippen LogP contribution in [0.4, 0.5) is 5.69 Å². The first kappa shape index (κ1) is 14.3. The van der Waals surface area contributed by atoms with Crippen LogP contribution in [0.3, 0.4) is 0 Å². The molecular formula is C16H21N3O. The summed E-state index contributed by atoms with van der Waals surface area (Å²) in [6.07, 6.45) is 2.66. The van der Waals surface area contributed by atoms with Crippen molar-refractivity contribution in [3.05, 3.63) is 47.7 Å². The van der Waals surface area contributed by atoms with Gasteiger partial charge in [0.1, 0.15) is 5.75 Å². The SMILES string of the molecule is Cc1cc(CCN)cnc1Oc1cccc(N(C)C)c1. The van der Waals surface area contributed by atoms with Crippen LogP contribution >= 0.6 is 0 Å². The highest BCUT2D eigenvalue weighted by molar-refractivity contribution is 5.50. The number of hydrogen-bond acceptors (Lipinski definition) is 4. The molecule has 0 unspecified atom stereocenters. The van der Waals surface area contributed by atoms with E-state index >= 15 is 0 Å². The maximum atomic E-state index is 5.86. The molecule has 4 nitrogen and oxygen atoms in total. The van der Waals surface area contributed by atoms with Gasteiger partial charge in [-0.15, -0.1) is 0 Å². The Balaban J connectivity index is 2.19. The average molecular weight is 271 g/mol. The molecule has 0 saturated heterocycles. The zero-order chi connectivity index (χ0) is 14.5. The van der Waals surface area contributed by atoms with Gasteiger partial charge in [-0.05, 0) is 43.7 Å². The molecule has 1 heterocycles. The van der Waals surface area contributed by atoms with Gasteiger partial charge in [0.25, 0.3) is 0 Å². The summed E-state index contributed by atoms with van der Waals surface area (Å²) in [6, 6.07) is 10.0. The summed E-state index contributed by atoms with van der Waals surface area (Å²) < 4.78 is 5.86. The van der Waals surface area contributed by atoms with Crippen LogP contribution in [-0.4, -0.2) is 25.6 Å². The third kappa shape index (κ3) is 3.48. The number of nitrogens with two attached hydrogens (primary N) is 1. The Hall–Kier alpha value is -2.07. The van der Waals surface area contributed by atoms with Gasteiger partial charge in [0.05, 0.1) is 0 Å². The van der Waals surface area contributed by atoms with Crippen molar-refractivity contribution in [3.63, 3.8) is 0 Å². The molecule has 0 bridgehead atoms. The molecule has 1 aromatic carbocycles. The lowest BCUT2D eigenvalue weighted by molar-refractivity contribution is 0.458. The van der Waals surface area contributed by atoms with E-state index in [-0.39, 0.29) is 0 Å². The van der Waals surface area contributed by atoms with Crippen molar-refractivity contribution in [1.82, 2.24) is 4.98 Å². The second-order valence-electron chi connectivity index (χ2n) is 5.00. The fourth-order valence-corrected chi connectivity index (χ4v) is 1.97. The number of pyridine rings is 1. The zero-order valence-corrected chi connectivity index (χ0v) is 12.3. The smallest absolute Gasteiger partial charge is 0.222 e. The molecule has 0 aliphatic rings. The number of rotatable bonds is 5. The maximum Gasteiger partial charge on any atom is 0.222 e. The van der Waals surface area contributed by atoms with Crippen LogP contribution in [-0.2, 0) is 6.42 Å². The second kappa shape index (κ2) is 6.39. The van der Waals surface area contributed by atoms with Gasteiger partial charge < -0.3 is 15.4 Å². The van der Waals surface area contributed by atoms with Crippen molar-refractivity contribution in [2.75, 3.05) is 25.5 Å². The molecule has 0 atom stereocenters. The largest absolute Gasteiger partial charge is 0.439 e. The van der Waals surface area contributed by atoms with Crippen LogP contribution in [0.25, 0.3) is 0 Å². The quantitative estimate of drug-likeness (QED) is 0.908. The van der Waals surface area contributed by atoms with E-state index in [0.717, 1.165) is 29.0 Å². The zero-order valence-electron chi connectivity index (χ0n) is 12.3. The molecule has 2 N–H and O–H groups in total. The third-order valence-corrected chi connectivity index (χ3v) is 3.07. The summed E-state index contributed by atoms with van der Waals surface area (Å²) in [5, 5.41) is 0. The Kier molecular flexibility index (Phi) is 4.58. The van der Waals surface area contributed by atoms with Crippen molar-refractivity contribution >= 4 is 5.69 Å². The Morgan fingerprint density at radius 2 is 2.05 bits per heavy atom. The molecular weight excluding hydrogens is 250 g/mol. The van der Waals surface area contributed by atoms with Crippen LogP contribution in [0.15, 0.2) is 36.5 Å². The van der Waals surface area contributed by atoms with E-state index in [2.05, 4.69) is 11.1 Å². The van der Waals surface area contributed by atoms with E-state index in [9.17, 15) is 0 Å². The van der Waals surface area contributed by atoms with Crippen molar-refractivity contribution in [2.45, 2.75) is 13.3 Å². The average Bonchev–Trinajstić information content (AvgIpc) is 2.42. The van der Waals surface area contributed by atoms with E-state index < -0.39 is 0 Å². The number of ether oxygens (including phenoxy) is 1. The van der Waals surface area contributed by atoms with Gasteiger partial charge in [-0.1, -0.05) is 6.07 Å². The molecule has 20 heavy (non-hydrogen) atoms. The minimum absolute atomic E-state index is 0.631. The number of aromatic nitrogens is 1. The first-order valence-corrected chi connectivity index (χ1v) is 6.71. The highest BCUT2D eigenvalue weighted by atomic mass is 16.5. The van der Waals surface area contributed by atoms with Gasteiger partial charge in [0, 0.05) is 37.6 Å². The van der Waals surface area contributed by atoms with Crippen LogP contribution in [0.5, 0.6) is 11.6 Å². The summed E-state index contributed by atoms with van der Waals surface area (Å²) in [7, 11) is 4.01. The topological polar surface area (TPSA) is 51.4 Å². The summed E-state index contributed by atoms with van der Waals surface area (Å²) in [6.45, 7) is 2.63. The predicted molar refractivity (Wildman–Crippen MR) is 82.6 cm³/mol. The van der Waals surface area contributed by atoms with E-state index in [1.54, 1.807) is 0 Å². The Morgan fingerprint density at radius 1 is 1.25 bits per heavy atom. The normalized spacial score (nSPS) is 10.4. The van der Waals surface area contributed by atoms with Crippen molar-refractivity contribution in [1.29, 1.82) is 0 Å². The van der Waals surface area contributed by atoms with Gasteiger partial charge in [-0.2, -0.15) is 0 Å². The summed E-state index contributed by atoms with van der Waals surface area (Å²) in [5.41, 5.74) is 8.81. The monoisotopic (exact) mass is 271 g/mol. The molecule has 106 valence electrons. The fourth-order valence-electron chi connectivity index (χ4n) is 1.97. The van der Waals surface area contributed by atoms with E-state index in [1.165, 1.54) is 0 Å². The number of anilines is 1.